The molecule has 0 bridgehead atoms. The largest absolute Gasteiger partial charge is 0.347 e. The lowest BCUT2D eigenvalue weighted by atomic mass is 9.85. The number of H-pyrrole nitrogens is 1. The predicted molar refractivity (Wildman–Crippen MR) is 87.5 cm³/mol. The summed E-state index contributed by atoms with van der Waals surface area (Å²) in [5, 5.41) is 0. The fraction of sp³-hybridized carbons (Fsp3) is 0.471. The standard InChI is InChI=1S/C17H23N5O/c18-8-13-3-5-16(6-4-13)22(11-15-10-20-12-21-15)17(23)14-2-1-7-19-9-14/h1-2,7,9-10,12-13,16H,3-6,8,11,18H2,(H,20,21)/t13-,16+. The van der Waals surface area contributed by atoms with Crippen molar-refractivity contribution in [2.24, 2.45) is 11.7 Å². The summed E-state index contributed by atoms with van der Waals surface area (Å²) in [6.45, 7) is 1.29. The van der Waals surface area contributed by atoms with Gasteiger partial charge in [-0.25, -0.2) is 4.98 Å². The molecule has 2 aromatic rings. The minimum atomic E-state index is 0.0314. The van der Waals surface area contributed by atoms with Crippen LogP contribution in [0.15, 0.2) is 37.1 Å². The van der Waals surface area contributed by atoms with Gasteiger partial charge in [0.15, 0.2) is 0 Å². The van der Waals surface area contributed by atoms with Crippen molar-refractivity contribution < 1.29 is 4.79 Å². The Bertz CT molecular complexity index is 605. The third-order valence-electron chi connectivity index (χ3n) is 4.66. The molecule has 1 fully saturated rings. The van der Waals surface area contributed by atoms with Gasteiger partial charge in [-0.1, -0.05) is 0 Å². The number of hydrogen-bond donors (Lipinski definition) is 2. The average Bonchev–Trinajstić information content (AvgIpc) is 3.13. The van der Waals surface area contributed by atoms with Gasteiger partial charge in [0.1, 0.15) is 0 Å². The Kier molecular flexibility index (Phi) is 5.02. The molecule has 0 saturated heterocycles. The van der Waals surface area contributed by atoms with Crippen LogP contribution in [-0.2, 0) is 6.54 Å². The van der Waals surface area contributed by atoms with E-state index in [4.69, 9.17) is 5.73 Å². The molecule has 0 aliphatic heterocycles. The van der Waals surface area contributed by atoms with E-state index in [-0.39, 0.29) is 11.9 Å². The van der Waals surface area contributed by atoms with E-state index in [1.165, 1.54) is 0 Å². The van der Waals surface area contributed by atoms with Crippen LogP contribution in [-0.4, -0.2) is 38.3 Å². The minimum Gasteiger partial charge on any atom is -0.347 e. The first-order valence-corrected chi connectivity index (χ1v) is 8.16. The first kappa shape index (κ1) is 15.7. The van der Waals surface area contributed by atoms with Crippen LogP contribution in [0.3, 0.4) is 0 Å². The van der Waals surface area contributed by atoms with E-state index in [1.54, 1.807) is 31.0 Å². The molecule has 2 aromatic heterocycles. The molecule has 0 aromatic carbocycles. The quantitative estimate of drug-likeness (QED) is 0.883. The number of pyridine rings is 1. The molecule has 3 rings (SSSR count). The van der Waals surface area contributed by atoms with Gasteiger partial charge in [0.2, 0.25) is 0 Å². The van der Waals surface area contributed by atoms with Gasteiger partial charge in [-0.2, -0.15) is 0 Å². The fourth-order valence-electron chi connectivity index (χ4n) is 3.27. The molecule has 1 amide bonds. The number of rotatable bonds is 5. The van der Waals surface area contributed by atoms with E-state index in [2.05, 4.69) is 15.0 Å². The maximum Gasteiger partial charge on any atom is 0.256 e. The number of hydrogen-bond acceptors (Lipinski definition) is 4. The zero-order chi connectivity index (χ0) is 16.1. The monoisotopic (exact) mass is 313 g/mol. The highest BCUT2D eigenvalue weighted by atomic mass is 16.2. The van der Waals surface area contributed by atoms with Gasteiger partial charge in [-0.15, -0.1) is 0 Å². The zero-order valence-electron chi connectivity index (χ0n) is 13.2. The van der Waals surface area contributed by atoms with Crippen LogP contribution in [0.5, 0.6) is 0 Å². The SMILES string of the molecule is NC[C@H]1CC[C@@H](N(Cc2cnc[nH]2)C(=O)c2cccnc2)CC1. The number of nitrogens with two attached hydrogens (primary N) is 1. The fourth-order valence-corrected chi connectivity index (χ4v) is 3.27. The maximum absolute atomic E-state index is 12.9. The van der Waals surface area contributed by atoms with E-state index >= 15 is 0 Å². The molecule has 0 unspecified atom stereocenters. The summed E-state index contributed by atoms with van der Waals surface area (Å²) < 4.78 is 0. The Hall–Kier alpha value is -2.21. The highest BCUT2D eigenvalue weighted by Crippen LogP contribution is 2.28. The van der Waals surface area contributed by atoms with Crippen molar-refractivity contribution in [3.05, 3.63) is 48.3 Å². The number of aromatic amines is 1. The Balaban J connectivity index is 1.78. The highest BCUT2D eigenvalue weighted by molar-refractivity contribution is 5.94. The van der Waals surface area contributed by atoms with Crippen molar-refractivity contribution >= 4 is 5.91 Å². The summed E-state index contributed by atoms with van der Waals surface area (Å²) in [6.07, 6.45) is 10.9. The van der Waals surface area contributed by atoms with Crippen LogP contribution < -0.4 is 5.73 Å². The number of amides is 1. The number of nitrogens with zero attached hydrogens (tertiary/aromatic N) is 3. The molecule has 6 nitrogen and oxygen atoms in total. The van der Waals surface area contributed by atoms with E-state index in [9.17, 15) is 4.79 Å². The second-order valence-electron chi connectivity index (χ2n) is 6.16. The van der Waals surface area contributed by atoms with Crippen molar-refractivity contribution in [1.29, 1.82) is 0 Å². The van der Waals surface area contributed by atoms with Gasteiger partial charge < -0.3 is 15.6 Å². The summed E-state index contributed by atoms with van der Waals surface area (Å²) >= 11 is 0. The van der Waals surface area contributed by atoms with Crippen LogP contribution >= 0.6 is 0 Å². The predicted octanol–water partition coefficient (Wildman–Crippen LogP) is 1.96. The first-order chi connectivity index (χ1) is 11.3. The highest BCUT2D eigenvalue weighted by Gasteiger charge is 2.29. The third kappa shape index (κ3) is 3.76. The van der Waals surface area contributed by atoms with Crippen molar-refractivity contribution in [2.45, 2.75) is 38.3 Å². The first-order valence-electron chi connectivity index (χ1n) is 8.16. The normalized spacial score (nSPS) is 21.1. The van der Waals surface area contributed by atoms with Crippen LogP contribution in [0.1, 0.15) is 41.7 Å². The van der Waals surface area contributed by atoms with Crippen molar-refractivity contribution in [1.82, 2.24) is 19.9 Å². The number of aromatic nitrogens is 3. The summed E-state index contributed by atoms with van der Waals surface area (Å²) in [7, 11) is 0. The lowest BCUT2D eigenvalue weighted by molar-refractivity contribution is 0.0587. The van der Waals surface area contributed by atoms with E-state index in [0.29, 0.717) is 18.0 Å². The molecular formula is C17H23N5O. The van der Waals surface area contributed by atoms with Gasteiger partial charge in [-0.3, -0.25) is 9.78 Å². The zero-order valence-corrected chi connectivity index (χ0v) is 13.2. The van der Waals surface area contributed by atoms with Gasteiger partial charge in [0.25, 0.3) is 5.91 Å². The summed E-state index contributed by atoms with van der Waals surface area (Å²) in [6, 6.07) is 3.86. The molecule has 2 heterocycles. The lowest BCUT2D eigenvalue weighted by Crippen LogP contribution is -2.42. The van der Waals surface area contributed by atoms with Gasteiger partial charge >= 0.3 is 0 Å². The van der Waals surface area contributed by atoms with E-state index < -0.39 is 0 Å². The van der Waals surface area contributed by atoms with Crippen LogP contribution in [0.25, 0.3) is 0 Å². The Morgan fingerprint density at radius 1 is 1.26 bits per heavy atom. The van der Waals surface area contributed by atoms with Crippen molar-refractivity contribution in [3.63, 3.8) is 0 Å². The molecule has 0 radical (unpaired) electrons. The Morgan fingerprint density at radius 3 is 2.70 bits per heavy atom. The van der Waals surface area contributed by atoms with E-state index in [1.807, 2.05) is 11.0 Å². The Morgan fingerprint density at radius 2 is 2.09 bits per heavy atom. The van der Waals surface area contributed by atoms with Crippen molar-refractivity contribution in [3.8, 4) is 0 Å². The van der Waals surface area contributed by atoms with Crippen LogP contribution in [0.4, 0.5) is 0 Å². The van der Waals surface area contributed by atoms with Gasteiger partial charge in [-0.05, 0) is 50.3 Å². The summed E-state index contributed by atoms with van der Waals surface area (Å²) in [5.41, 5.74) is 7.36. The van der Waals surface area contributed by atoms with E-state index in [0.717, 1.165) is 37.9 Å². The van der Waals surface area contributed by atoms with Crippen LogP contribution in [0, 0.1) is 5.92 Å². The molecule has 3 N–H and O–H groups in total. The van der Waals surface area contributed by atoms with Gasteiger partial charge in [0.05, 0.1) is 24.1 Å². The second kappa shape index (κ2) is 7.37. The molecular weight excluding hydrogens is 290 g/mol. The number of carbonyl (C=O) groups excluding carboxylic acids is 1. The second-order valence-corrected chi connectivity index (χ2v) is 6.16. The molecule has 1 aliphatic rings. The smallest absolute Gasteiger partial charge is 0.256 e. The molecule has 6 heteroatoms. The molecule has 1 saturated carbocycles. The Labute approximate surface area is 136 Å². The number of imidazole rings is 1. The average molecular weight is 313 g/mol. The molecule has 122 valence electrons. The maximum atomic E-state index is 12.9. The summed E-state index contributed by atoms with van der Waals surface area (Å²) in [5.74, 6) is 0.623. The molecule has 1 aliphatic carbocycles. The van der Waals surface area contributed by atoms with Crippen molar-refractivity contribution in [2.75, 3.05) is 6.54 Å². The van der Waals surface area contributed by atoms with Crippen LogP contribution in [0.2, 0.25) is 0 Å². The summed E-state index contributed by atoms with van der Waals surface area (Å²) in [4.78, 5) is 26.1. The minimum absolute atomic E-state index is 0.0314. The third-order valence-corrected chi connectivity index (χ3v) is 4.66. The number of nitrogens with one attached hydrogen (secondary N) is 1. The molecule has 0 spiro atoms. The topological polar surface area (TPSA) is 87.9 Å². The molecule has 23 heavy (non-hydrogen) atoms. The lowest BCUT2D eigenvalue weighted by Gasteiger charge is -2.36. The van der Waals surface area contributed by atoms with Gasteiger partial charge in [0, 0.05) is 24.6 Å². The number of carbonyl (C=O) groups is 1. The molecule has 0 atom stereocenters.